The molecule has 2 rings (SSSR count). The van der Waals surface area contributed by atoms with Crippen LogP contribution >= 0.6 is 11.3 Å². The number of hydrogen-bond donors (Lipinski definition) is 3. The molecule has 0 saturated heterocycles. The number of carbonyl (C=O) groups excluding carboxylic acids is 3. The molecule has 0 spiro atoms. The Bertz CT molecular complexity index is 560. The molecule has 0 aliphatic carbocycles. The van der Waals surface area contributed by atoms with Crippen molar-refractivity contribution in [1.29, 1.82) is 0 Å². The van der Waals surface area contributed by atoms with Crippen LogP contribution in [0.3, 0.4) is 0 Å². The number of carbonyl (C=O) groups is 3. The maximum atomic E-state index is 11.8. The summed E-state index contributed by atoms with van der Waals surface area (Å²) in [4.78, 5) is 41.1. The largest absolute Gasteiger partial charge is 0.359 e. The lowest BCUT2D eigenvalue weighted by atomic mass is 10.2. The van der Waals surface area contributed by atoms with Crippen molar-refractivity contribution in [3.8, 4) is 0 Å². The SMILES string of the molecule is CN1CCc2nc(NC(=O)C(=O)NCCCNC=O)sc2C1. The van der Waals surface area contributed by atoms with Gasteiger partial charge in [0.2, 0.25) is 6.41 Å². The highest BCUT2D eigenvalue weighted by Gasteiger charge is 2.20. The molecule has 9 heteroatoms. The molecule has 1 aliphatic heterocycles. The topological polar surface area (TPSA) is 103 Å². The van der Waals surface area contributed by atoms with Gasteiger partial charge in [-0.1, -0.05) is 0 Å². The van der Waals surface area contributed by atoms with Crippen molar-refractivity contribution in [3.05, 3.63) is 10.6 Å². The first-order chi connectivity index (χ1) is 10.6. The first-order valence-electron chi connectivity index (χ1n) is 7.03. The van der Waals surface area contributed by atoms with Gasteiger partial charge in [-0.05, 0) is 13.5 Å². The fraction of sp³-hybridized carbons (Fsp3) is 0.538. The minimum Gasteiger partial charge on any atom is -0.359 e. The number of amides is 3. The summed E-state index contributed by atoms with van der Waals surface area (Å²) in [6.45, 7) is 2.54. The van der Waals surface area contributed by atoms with Crippen LogP contribution in [0.1, 0.15) is 17.0 Å². The molecule has 0 atom stereocenters. The van der Waals surface area contributed by atoms with Crippen LogP contribution in [0.2, 0.25) is 0 Å². The van der Waals surface area contributed by atoms with Crippen molar-refractivity contribution in [3.63, 3.8) is 0 Å². The monoisotopic (exact) mass is 325 g/mol. The lowest BCUT2D eigenvalue weighted by Crippen LogP contribution is -2.36. The van der Waals surface area contributed by atoms with Crippen LogP contribution in [0.15, 0.2) is 0 Å². The van der Waals surface area contributed by atoms with E-state index in [1.165, 1.54) is 11.3 Å². The summed E-state index contributed by atoms with van der Waals surface area (Å²) in [7, 11) is 2.04. The molecule has 1 aliphatic rings. The Morgan fingerprint density at radius 3 is 2.95 bits per heavy atom. The lowest BCUT2D eigenvalue weighted by molar-refractivity contribution is -0.136. The number of nitrogens with zero attached hydrogens (tertiary/aromatic N) is 2. The fourth-order valence-corrected chi connectivity index (χ4v) is 3.15. The van der Waals surface area contributed by atoms with Crippen LogP contribution < -0.4 is 16.0 Å². The van der Waals surface area contributed by atoms with Gasteiger partial charge < -0.3 is 15.5 Å². The van der Waals surface area contributed by atoms with E-state index in [1.54, 1.807) is 0 Å². The highest BCUT2D eigenvalue weighted by Crippen LogP contribution is 2.27. The molecule has 3 N–H and O–H groups in total. The number of rotatable bonds is 6. The van der Waals surface area contributed by atoms with Crippen LogP contribution in [0, 0.1) is 0 Å². The molecule has 0 unspecified atom stereocenters. The molecule has 1 aromatic heterocycles. The van der Waals surface area contributed by atoms with Crippen LogP contribution in [0.5, 0.6) is 0 Å². The van der Waals surface area contributed by atoms with Crippen LogP contribution in [-0.4, -0.2) is 54.8 Å². The van der Waals surface area contributed by atoms with Crippen LogP contribution in [0.25, 0.3) is 0 Å². The van der Waals surface area contributed by atoms with Gasteiger partial charge in [0.1, 0.15) is 0 Å². The van der Waals surface area contributed by atoms with Crippen LogP contribution in [-0.2, 0) is 27.3 Å². The van der Waals surface area contributed by atoms with E-state index in [2.05, 4.69) is 25.8 Å². The average Bonchev–Trinajstić information content (AvgIpc) is 2.88. The fourth-order valence-electron chi connectivity index (χ4n) is 2.06. The quantitative estimate of drug-likeness (QED) is 0.365. The number of anilines is 1. The molecule has 3 amide bonds. The summed E-state index contributed by atoms with van der Waals surface area (Å²) in [5, 5.41) is 7.96. The smallest absolute Gasteiger partial charge is 0.315 e. The maximum Gasteiger partial charge on any atom is 0.315 e. The van der Waals surface area contributed by atoms with Gasteiger partial charge in [0.25, 0.3) is 0 Å². The standard InChI is InChI=1S/C13H19N5O3S/c1-18-6-3-9-10(7-18)22-13(16-9)17-12(21)11(20)15-5-2-4-14-8-19/h8H,2-7H2,1H3,(H,14,19)(H,15,20)(H,16,17,21). The Morgan fingerprint density at radius 1 is 1.36 bits per heavy atom. The molecule has 120 valence electrons. The predicted molar refractivity (Wildman–Crippen MR) is 82.5 cm³/mol. The van der Waals surface area contributed by atoms with E-state index in [1.807, 2.05) is 7.05 Å². The van der Waals surface area contributed by atoms with Gasteiger partial charge in [0.05, 0.1) is 5.69 Å². The summed E-state index contributed by atoms with van der Waals surface area (Å²) < 4.78 is 0. The molecule has 1 aromatic rings. The van der Waals surface area contributed by atoms with Gasteiger partial charge in [0, 0.05) is 37.5 Å². The zero-order valence-electron chi connectivity index (χ0n) is 12.3. The zero-order valence-corrected chi connectivity index (χ0v) is 13.2. The minimum atomic E-state index is -0.720. The molecular weight excluding hydrogens is 306 g/mol. The highest BCUT2D eigenvalue weighted by molar-refractivity contribution is 7.16. The molecule has 0 fully saturated rings. The van der Waals surface area contributed by atoms with Gasteiger partial charge in [-0.2, -0.15) is 0 Å². The normalized spacial score (nSPS) is 14.0. The number of nitrogens with one attached hydrogen (secondary N) is 3. The number of thiazole rings is 1. The van der Waals surface area contributed by atoms with Gasteiger partial charge in [0.15, 0.2) is 5.13 Å². The zero-order chi connectivity index (χ0) is 15.9. The highest BCUT2D eigenvalue weighted by atomic mass is 32.1. The molecule has 0 bridgehead atoms. The van der Waals surface area contributed by atoms with E-state index >= 15 is 0 Å². The summed E-state index contributed by atoms with van der Waals surface area (Å²) in [5.74, 6) is -1.42. The van der Waals surface area contributed by atoms with Crippen molar-refractivity contribution < 1.29 is 14.4 Å². The number of hydrogen-bond acceptors (Lipinski definition) is 6. The third-order valence-electron chi connectivity index (χ3n) is 3.22. The second-order valence-corrected chi connectivity index (χ2v) is 6.10. The third kappa shape index (κ3) is 4.50. The van der Waals surface area contributed by atoms with E-state index in [0.29, 0.717) is 31.1 Å². The Hall–Kier alpha value is -2.00. The summed E-state index contributed by atoms with van der Waals surface area (Å²) in [5.41, 5.74) is 0.999. The first kappa shape index (κ1) is 16.4. The Balaban J connectivity index is 1.79. The number of likely N-dealkylation sites (N-methyl/N-ethyl adjacent to an activating group) is 1. The predicted octanol–water partition coefficient (Wildman–Crippen LogP) is -0.678. The molecule has 0 aromatic carbocycles. The van der Waals surface area contributed by atoms with E-state index < -0.39 is 11.8 Å². The molecule has 8 nitrogen and oxygen atoms in total. The molecule has 22 heavy (non-hydrogen) atoms. The van der Waals surface area contributed by atoms with Crippen molar-refractivity contribution in [1.82, 2.24) is 20.5 Å². The van der Waals surface area contributed by atoms with Gasteiger partial charge >= 0.3 is 11.8 Å². The molecule has 0 saturated carbocycles. The lowest BCUT2D eigenvalue weighted by Gasteiger charge is -2.20. The average molecular weight is 325 g/mol. The van der Waals surface area contributed by atoms with E-state index in [4.69, 9.17) is 0 Å². The first-order valence-corrected chi connectivity index (χ1v) is 7.85. The Kier molecular flexibility index (Phi) is 5.84. The second-order valence-electron chi connectivity index (χ2n) is 5.01. The number of aromatic nitrogens is 1. The molecular formula is C13H19N5O3S. The molecule has 0 radical (unpaired) electrons. The Morgan fingerprint density at radius 2 is 2.18 bits per heavy atom. The summed E-state index contributed by atoms with van der Waals surface area (Å²) in [6, 6.07) is 0. The summed E-state index contributed by atoms with van der Waals surface area (Å²) in [6.07, 6.45) is 2.01. The van der Waals surface area contributed by atoms with E-state index in [0.717, 1.165) is 30.1 Å². The third-order valence-corrected chi connectivity index (χ3v) is 4.21. The van der Waals surface area contributed by atoms with Gasteiger partial charge in [-0.3, -0.25) is 19.7 Å². The molecule has 2 heterocycles. The Labute approximate surface area is 132 Å². The van der Waals surface area contributed by atoms with Gasteiger partial charge in [-0.25, -0.2) is 4.98 Å². The summed E-state index contributed by atoms with van der Waals surface area (Å²) >= 11 is 1.41. The van der Waals surface area contributed by atoms with E-state index in [9.17, 15) is 14.4 Å². The van der Waals surface area contributed by atoms with Crippen molar-refractivity contribution in [2.75, 3.05) is 32.0 Å². The maximum absolute atomic E-state index is 11.8. The van der Waals surface area contributed by atoms with Gasteiger partial charge in [-0.15, -0.1) is 11.3 Å². The second kappa shape index (κ2) is 7.85. The van der Waals surface area contributed by atoms with Crippen LogP contribution in [0.4, 0.5) is 5.13 Å². The minimum absolute atomic E-state index is 0.326. The van der Waals surface area contributed by atoms with Crippen molar-refractivity contribution >= 4 is 34.7 Å². The van der Waals surface area contributed by atoms with E-state index in [-0.39, 0.29) is 0 Å². The number of fused-ring (bicyclic) bond motifs is 1. The van der Waals surface area contributed by atoms with Crippen molar-refractivity contribution in [2.24, 2.45) is 0 Å². The van der Waals surface area contributed by atoms with Crippen molar-refractivity contribution in [2.45, 2.75) is 19.4 Å².